The van der Waals surface area contributed by atoms with E-state index in [1.165, 1.54) is 19.3 Å². The Morgan fingerprint density at radius 2 is 1.79 bits per heavy atom. The molecule has 0 radical (unpaired) electrons. The Morgan fingerprint density at radius 1 is 1.21 bits per heavy atom. The van der Waals surface area contributed by atoms with E-state index in [0.29, 0.717) is 23.7 Å². The van der Waals surface area contributed by atoms with Gasteiger partial charge < -0.3 is 4.90 Å². The Labute approximate surface area is 87.7 Å². The molecule has 0 saturated heterocycles. The van der Waals surface area contributed by atoms with Crippen molar-refractivity contribution in [1.82, 2.24) is 4.90 Å². The second-order valence-corrected chi connectivity index (χ2v) is 5.03. The molecule has 0 aromatic heterocycles. The first-order valence-electron chi connectivity index (χ1n) is 5.75. The summed E-state index contributed by atoms with van der Waals surface area (Å²) in [6.45, 7) is 4.48. The molecule has 14 heavy (non-hydrogen) atoms. The minimum Gasteiger partial charge on any atom is -0.349 e. The van der Waals surface area contributed by atoms with Crippen molar-refractivity contribution in [1.29, 1.82) is 0 Å². The molecule has 1 fully saturated rings. The van der Waals surface area contributed by atoms with Crippen molar-refractivity contribution >= 4 is 5.91 Å². The average molecular weight is 197 g/mol. The summed E-state index contributed by atoms with van der Waals surface area (Å²) in [5.41, 5.74) is 0. The van der Waals surface area contributed by atoms with Gasteiger partial charge in [0.25, 0.3) is 0 Å². The van der Waals surface area contributed by atoms with E-state index >= 15 is 0 Å². The standard InChI is InChI=1S/C12H23NO/c1-9(2)10-7-5-6-8-11(10)12(14)13(3)4/h9-11H,5-8H2,1-4H3. The number of hydrogen-bond acceptors (Lipinski definition) is 1. The molecule has 0 aromatic rings. The van der Waals surface area contributed by atoms with Gasteiger partial charge in [0.15, 0.2) is 0 Å². The fourth-order valence-corrected chi connectivity index (χ4v) is 2.60. The number of amides is 1. The van der Waals surface area contributed by atoms with Crippen LogP contribution in [-0.2, 0) is 4.79 Å². The molecule has 0 spiro atoms. The van der Waals surface area contributed by atoms with Crippen LogP contribution in [0.25, 0.3) is 0 Å². The number of carbonyl (C=O) groups is 1. The number of rotatable bonds is 2. The zero-order valence-electron chi connectivity index (χ0n) is 9.92. The molecule has 1 rings (SSSR count). The third-order valence-electron chi connectivity index (χ3n) is 3.43. The molecule has 0 N–H and O–H groups in total. The largest absolute Gasteiger partial charge is 0.349 e. The molecule has 2 nitrogen and oxygen atoms in total. The Kier molecular flexibility index (Phi) is 3.97. The van der Waals surface area contributed by atoms with Crippen LogP contribution in [0.4, 0.5) is 0 Å². The first-order chi connectivity index (χ1) is 6.54. The van der Waals surface area contributed by atoms with Crippen molar-refractivity contribution in [2.24, 2.45) is 17.8 Å². The Hall–Kier alpha value is -0.530. The summed E-state index contributed by atoms with van der Waals surface area (Å²) in [6.07, 6.45) is 4.87. The summed E-state index contributed by atoms with van der Waals surface area (Å²) in [5.74, 6) is 1.88. The molecule has 0 bridgehead atoms. The predicted molar refractivity (Wildman–Crippen MR) is 59.0 cm³/mol. The van der Waals surface area contributed by atoms with Crippen LogP contribution in [0.15, 0.2) is 0 Å². The van der Waals surface area contributed by atoms with Gasteiger partial charge in [-0.25, -0.2) is 0 Å². The highest BCUT2D eigenvalue weighted by Crippen LogP contribution is 2.35. The van der Waals surface area contributed by atoms with Crippen molar-refractivity contribution < 1.29 is 4.79 Å². The van der Waals surface area contributed by atoms with Gasteiger partial charge in [0.1, 0.15) is 0 Å². The van der Waals surface area contributed by atoms with Gasteiger partial charge in [-0.15, -0.1) is 0 Å². The average Bonchev–Trinajstić information content (AvgIpc) is 2.16. The maximum atomic E-state index is 11.9. The van der Waals surface area contributed by atoms with Crippen molar-refractivity contribution in [2.45, 2.75) is 39.5 Å². The summed E-state index contributed by atoms with van der Waals surface area (Å²) < 4.78 is 0. The highest BCUT2D eigenvalue weighted by Gasteiger charge is 2.33. The van der Waals surface area contributed by atoms with E-state index in [4.69, 9.17) is 0 Å². The molecular formula is C12H23NO. The van der Waals surface area contributed by atoms with Crippen LogP contribution < -0.4 is 0 Å². The van der Waals surface area contributed by atoms with E-state index in [0.717, 1.165) is 6.42 Å². The summed E-state index contributed by atoms with van der Waals surface area (Å²) >= 11 is 0. The Balaban J connectivity index is 2.67. The molecule has 2 unspecified atom stereocenters. The maximum absolute atomic E-state index is 11.9. The van der Waals surface area contributed by atoms with Crippen LogP contribution in [0.2, 0.25) is 0 Å². The Morgan fingerprint density at radius 3 is 2.29 bits per heavy atom. The SMILES string of the molecule is CC(C)C1CCCCC1C(=O)N(C)C. The molecule has 82 valence electrons. The zero-order valence-corrected chi connectivity index (χ0v) is 9.92. The van der Waals surface area contributed by atoms with E-state index in [-0.39, 0.29) is 0 Å². The molecule has 2 atom stereocenters. The third-order valence-corrected chi connectivity index (χ3v) is 3.43. The lowest BCUT2D eigenvalue weighted by Gasteiger charge is -2.34. The number of hydrogen-bond donors (Lipinski definition) is 0. The molecule has 1 saturated carbocycles. The minimum absolute atomic E-state index is 0.291. The molecule has 0 aromatic carbocycles. The van der Waals surface area contributed by atoms with E-state index < -0.39 is 0 Å². The zero-order chi connectivity index (χ0) is 10.7. The van der Waals surface area contributed by atoms with Gasteiger partial charge in [0, 0.05) is 20.0 Å². The van der Waals surface area contributed by atoms with Gasteiger partial charge in [0.2, 0.25) is 5.91 Å². The van der Waals surface area contributed by atoms with Crippen LogP contribution >= 0.6 is 0 Å². The van der Waals surface area contributed by atoms with Crippen molar-refractivity contribution in [3.8, 4) is 0 Å². The van der Waals surface area contributed by atoms with Crippen LogP contribution in [0, 0.1) is 17.8 Å². The van der Waals surface area contributed by atoms with Gasteiger partial charge >= 0.3 is 0 Å². The van der Waals surface area contributed by atoms with E-state index in [1.807, 2.05) is 14.1 Å². The number of nitrogens with zero attached hydrogens (tertiary/aromatic N) is 1. The summed E-state index contributed by atoms with van der Waals surface area (Å²) in [6, 6.07) is 0. The molecule has 1 aliphatic rings. The quantitative estimate of drug-likeness (QED) is 0.666. The Bertz CT molecular complexity index is 198. The summed E-state index contributed by atoms with van der Waals surface area (Å²) in [7, 11) is 3.74. The second-order valence-electron chi connectivity index (χ2n) is 5.03. The minimum atomic E-state index is 0.291. The third kappa shape index (κ3) is 2.49. The monoisotopic (exact) mass is 197 g/mol. The van der Waals surface area contributed by atoms with Gasteiger partial charge in [-0.2, -0.15) is 0 Å². The van der Waals surface area contributed by atoms with E-state index in [1.54, 1.807) is 4.90 Å². The normalized spacial score (nSPS) is 27.8. The van der Waals surface area contributed by atoms with Crippen molar-refractivity contribution in [2.75, 3.05) is 14.1 Å². The summed E-state index contributed by atoms with van der Waals surface area (Å²) in [5, 5.41) is 0. The molecular weight excluding hydrogens is 174 g/mol. The molecule has 0 heterocycles. The molecule has 1 amide bonds. The number of carbonyl (C=O) groups excluding carboxylic acids is 1. The van der Waals surface area contributed by atoms with Gasteiger partial charge in [-0.05, 0) is 24.7 Å². The van der Waals surface area contributed by atoms with Crippen molar-refractivity contribution in [3.63, 3.8) is 0 Å². The molecule has 0 aliphatic heterocycles. The fraction of sp³-hybridized carbons (Fsp3) is 0.917. The second kappa shape index (κ2) is 4.81. The lowest BCUT2D eigenvalue weighted by molar-refractivity contribution is -0.136. The van der Waals surface area contributed by atoms with E-state index in [2.05, 4.69) is 13.8 Å². The van der Waals surface area contributed by atoms with Crippen molar-refractivity contribution in [3.05, 3.63) is 0 Å². The molecule has 2 heteroatoms. The first-order valence-corrected chi connectivity index (χ1v) is 5.75. The van der Waals surface area contributed by atoms with Crippen LogP contribution in [0.5, 0.6) is 0 Å². The smallest absolute Gasteiger partial charge is 0.225 e. The van der Waals surface area contributed by atoms with E-state index in [9.17, 15) is 4.79 Å². The topological polar surface area (TPSA) is 20.3 Å². The lowest BCUT2D eigenvalue weighted by Crippen LogP contribution is -2.37. The molecule has 1 aliphatic carbocycles. The van der Waals surface area contributed by atoms with Crippen LogP contribution in [0.1, 0.15) is 39.5 Å². The summed E-state index contributed by atoms with van der Waals surface area (Å²) in [4.78, 5) is 13.7. The van der Waals surface area contributed by atoms with Gasteiger partial charge in [0.05, 0.1) is 0 Å². The fourth-order valence-electron chi connectivity index (χ4n) is 2.60. The van der Waals surface area contributed by atoms with Crippen LogP contribution in [0.3, 0.4) is 0 Å². The van der Waals surface area contributed by atoms with Gasteiger partial charge in [-0.1, -0.05) is 26.7 Å². The predicted octanol–water partition coefficient (Wildman–Crippen LogP) is 2.54. The maximum Gasteiger partial charge on any atom is 0.225 e. The van der Waals surface area contributed by atoms with Gasteiger partial charge in [-0.3, -0.25) is 4.79 Å². The van der Waals surface area contributed by atoms with Crippen LogP contribution in [-0.4, -0.2) is 24.9 Å². The highest BCUT2D eigenvalue weighted by atomic mass is 16.2. The first kappa shape index (κ1) is 11.5. The highest BCUT2D eigenvalue weighted by molar-refractivity contribution is 5.78. The lowest BCUT2D eigenvalue weighted by atomic mass is 9.73.